The van der Waals surface area contributed by atoms with Crippen molar-refractivity contribution in [2.45, 2.75) is 36.2 Å². The lowest BCUT2D eigenvalue weighted by atomic mass is 9.82. The van der Waals surface area contributed by atoms with Gasteiger partial charge in [-0.05, 0) is 31.4 Å². The molecule has 1 saturated carbocycles. The standard InChI is InChI=1S/C17H23Cl2N5O3S/c18-12-2-1-3-15(16(12)19)28(26,27)24-8-6-23(7-9-24)17(25)11-4-5-13-14(10-11)21-22-20-13/h1-3,11,13-14,20-22H,4-10H2. The molecule has 3 N–H and O–H groups in total. The van der Waals surface area contributed by atoms with E-state index in [0.717, 1.165) is 19.3 Å². The molecule has 0 bridgehead atoms. The summed E-state index contributed by atoms with van der Waals surface area (Å²) in [6, 6.07) is 5.18. The van der Waals surface area contributed by atoms with Gasteiger partial charge in [-0.25, -0.2) is 19.3 Å². The van der Waals surface area contributed by atoms with Crippen molar-refractivity contribution in [2.24, 2.45) is 5.92 Å². The molecule has 2 saturated heterocycles. The molecular formula is C17H23Cl2N5O3S. The van der Waals surface area contributed by atoms with Gasteiger partial charge in [-0.3, -0.25) is 4.79 Å². The number of fused-ring (bicyclic) bond motifs is 1. The maximum Gasteiger partial charge on any atom is 0.244 e. The summed E-state index contributed by atoms with van der Waals surface area (Å²) in [6.45, 7) is 1.25. The monoisotopic (exact) mass is 447 g/mol. The number of hydrogen-bond acceptors (Lipinski definition) is 6. The van der Waals surface area contributed by atoms with E-state index >= 15 is 0 Å². The summed E-state index contributed by atoms with van der Waals surface area (Å²) in [5.74, 6) is 0.0889. The van der Waals surface area contributed by atoms with Crippen LogP contribution in [0.1, 0.15) is 19.3 Å². The predicted molar refractivity (Wildman–Crippen MR) is 106 cm³/mol. The molecule has 154 valence electrons. The Labute approximate surface area is 174 Å². The number of piperazine rings is 1. The highest BCUT2D eigenvalue weighted by Gasteiger charge is 2.39. The van der Waals surface area contributed by atoms with Crippen LogP contribution in [0.4, 0.5) is 0 Å². The van der Waals surface area contributed by atoms with Gasteiger partial charge < -0.3 is 4.90 Å². The smallest absolute Gasteiger partial charge is 0.244 e. The largest absolute Gasteiger partial charge is 0.340 e. The van der Waals surface area contributed by atoms with Gasteiger partial charge in [0, 0.05) is 44.2 Å². The Morgan fingerprint density at radius 2 is 1.75 bits per heavy atom. The number of nitrogens with zero attached hydrogens (tertiary/aromatic N) is 2. The zero-order valence-corrected chi connectivity index (χ0v) is 17.5. The third-order valence-electron chi connectivity index (χ3n) is 5.80. The minimum atomic E-state index is -3.75. The van der Waals surface area contributed by atoms with Gasteiger partial charge in [0.25, 0.3) is 0 Å². The van der Waals surface area contributed by atoms with Gasteiger partial charge in [0.15, 0.2) is 0 Å². The number of halogens is 2. The normalized spacial score (nSPS) is 28.9. The first kappa shape index (κ1) is 20.3. The summed E-state index contributed by atoms with van der Waals surface area (Å²) >= 11 is 12.1. The summed E-state index contributed by atoms with van der Waals surface area (Å²) in [4.78, 5) is 14.7. The van der Waals surface area contributed by atoms with E-state index in [2.05, 4.69) is 16.4 Å². The third-order valence-corrected chi connectivity index (χ3v) is 8.67. The maximum absolute atomic E-state index is 12.9. The molecule has 0 radical (unpaired) electrons. The van der Waals surface area contributed by atoms with E-state index in [-0.39, 0.29) is 45.9 Å². The molecule has 3 aliphatic rings. The second kappa shape index (κ2) is 8.06. The van der Waals surface area contributed by atoms with Crippen molar-refractivity contribution >= 4 is 39.1 Å². The molecule has 3 atom stereocenters. The summed E-state index contributed by atoms with van der Waals surface area (Å²) in [5, 5.41) is 0.238. The third kappa shape index (κ3) is 3.77. The number of hydrazine groups is 2. The Morgan fingerprint density at radius 3 is 2.50 bits per heavy atom. The first-order chi connectivity index (χ1) is 13.4. The average molecular weight is 448 g/mol. The fourth-order valence-electron chi connectivity index (χ4n) is 4.18. The molecule has 1 amide bonds. The van der Waals surface area contributed by atoms with Gasteiger partial charge in [-0.2, -0.15) is 9.84 Å². The second-order valence-electron chi connectivity index (χ2n) is 7.42. The molecule has 1 aliphatic carbocycles. The summed E-state index contributed by atoms with van der Waals surface area (Å²) in [5.41, 5.74) is 9.25. The highest BCUT2D eigenvalue weighted by Crippen LogP contribution is 2.32. The number of sulfonamides is 1. The van der Waals surface area contributed by atoms with Crippen molar-refractivity contribution in [3.63, 3.8) is 0 Å². The van der Waals surface area contributed by atoms with Gasteiger partial charge >= 0.3 is 0 Å². The number of hydrogen-bond donors (Lipinski definition) is 3. The lowest BCUT2D eigenvalue weighted by molar-refractivity contribution is -0.138. The molecule has 3 fully saturated rings. The SMILES string of the molecule is O=C(C1CCC2NNNC2C1)N1CCN(S(=O)(=O)c2cccc(Cl)c2Cl)CC1. The molecular weight excluding hydrogens is 425 g/mol. The van der Waals surface area contributed by atoms with Crippen LogP contribution in [-0.2, 0) is 14.8 Å². The number of benzene rings is 1. The number of amides is 1. The van der Waals surface area contributed by atoms with Crippen LogP contribution in [0.3, 0.4) is 0 Å². The van der Waals surface area contributed by atoms with E-state index < -0.39 is 10.0 Å². The van der Waals surface area contributed by atoms with Gasteiger partial charge in [-0.1, -0.05) is 29.3 Å². The highest BCUT2D eigenvalue weighted by atomic mass is 35.5. The van der Waals surface area contributed by atoms with E-state index in [1.54, 1.807) is 17.0 Å². The number of rotatable bonds is 3. The van der Waals surface area contributed by atoms with E-state index in [4.69, 9.17) is 23.2 Å². The van der Waals surface area contributed by atoms with Gasteiger partial charge in [0.1, 0.15) is 4.90 Å². The van der Waals surface area contributed by atoms with Crippen LogP contribution in [0.5, 0.6) is 0 Å². The van der Waals surface area contributed by atoms with Crippen molar-refractivity contribution in [2.75, 3.05) is 26.2 Å². The van der Waals surface area contributed by atoms with Crippen molar-refractivity contribution in [1.82, 2.24) is 25.6 Å². The zero-order valence-electron chi connectivity index (χ0n) is 15.2. The summed E-state index contributed by atoms with van der Waals surface area (Å²) in [7, 11) is -3.75. The van der Waals surface area contributed by atoms with Crippen molar-refractivity contribution in [3.05, 3.63) is 28.2 Å². The van der Waals surface area contributed by atoms with Crippen LogP contribution in [0.25, 0.3) is 0 Å². The average Bonchev–Trinajstić information content (AvgIpc) is 3.17. The molecule has 1 aromatic carbocycles. The minimum Gasteiger partial charge on any atom is -0.340 e. The van der Waals surface area contributed by atoms with Crippen LogP contribution in [0.2, 0.25) is 10.0 Å². The highest BCUT2D eigenvalue weighted by molar-refractivity contribution is 7.89. The molecule has 0 spiro atoms. The van der Waals surface area contributed by atoms with E-state index in [1.807, 2.05) is 0 Å². The summed E-state index contributed by atoms with van der Waals surface area (Å²) in [6.07, 6.45) is 2.55. The van der Waals surface area contributed by atoms with Crippen LogP contribution in [0, 0.1) is 5.92 Å². The van der Waals surface area contributed by atoms with E-state index in [1.165, 1.54) is 10.4 Å². The Balaban J connectivity index is 1.39. The van der Waals surface area contributed by atoms with E-state index in [9.17, 15) is 13.2 Å². The first-order valence-electron chi connectivity index (χ1n) is 9.37. The molecule has 28 heavy (non-hydrogen) atoms. The maximum atomic E-state index is 12.9. The first-order valence-corrected chi connectivity index (χ1v) is 11.6. The molecule has 4 rings (SSSR count). The van der Waals surface area contributed by atoms with Crippen LogP contribution >= 0.6 is 23.2 Å². The molecule has 2 heterocycles. The van der Waals surface area contributed by atoms with Crippen molar-refractivity contribution in [3.8, 4) is 0 Å². The lowest BCUT2D eigenvalue weighted by Gasteiger charge is -2.38. The van der Waals surface area contributed by atoms with Crippen molar-refractivity contribution < 1.29 is 13.2 Å². The molecule has 1 aromatic rings. The van der Waals surface area contributed by atoms with Crippen molar-refractivity contribution in [1.29, 1.82) is 0 Å². The molecule has 8 nitrogen and oxygen atoms in total. The Kier molecular flexibility index (Phi) is 5.85. The topological polar surface area (TPSA) is 93.8 Å². The van der Waals surface area contributed by atoms with Crippen LogP contribution in [-0.4, -0.2) is 61.8 Å². The quantitative estimate of drug-likeness (QED) is 0.639. The van der Waals surface area contributed by atoms with Gasteiger partial charge in [-0.15, -0.1) is 0 Å². The van der Waals surface area contributed by atoms with Gasteiger partial charge in [0.05, 0.1) is 10.0 Å². The molecule has 3 unspecified atom stereocenters. The number of nitrogens with one attached hydrogen (secondary N) is 3. The number of carbonyl (C=O) groups is 1. The summed E-state index contributed by atoms with van der Waals surface area (Å²) < 4.78 is 27.2. The van der Waals surface area contributed by atoms with Crippen LogP contribution in [0.15, 0.2) is 23.1 Å². The fourth-order valence-corrected chi connectivity index (χ4v) is 6.34. The zero-order chi connectivity index (χ0) is 19.9. The molecule has 11 heteroatoms. The second-order valence-corrected chi connectivity index (χ2v) is 10.1. The van der Waals surface area contributed by atoms with Gasteiger partial charge in [0.2, 0.25) is 15.9 Å². The predicted octanol–water partition coefficient (Wildman–Crippen LogP) is 0.976. The van der Waals surface area contributed by atoms with E-state index in [0.29, 0.717) is 19.1 Å². The lowest BCUT2D eigenvalue weighted by Crippen LogP contribution is -2.53. The fraction of sp³-hybridized carbons (Fsp3) is 0.588. The number of carbonyl (C=O) groups excluding carboxylic acids is 1. The molecule has 2 aliphatic heterocycles. The Morgan fingerprint density at radius 1 is 1.04 bits per heavy atom. The Hall–Kier alpha value is -0.940. The Bertz CT molecular complexity index is 860. The minimum absolute atomic E-state index is 0.00655. The van der Waals surface area contributed by atoms with Crippen LogP contribution < -0.4 is 16.4 Å². The molecule has 0 aromatic heterocycles.